The van der Waals surface area contributed by atoms with Gasteiger partial charge < -0.3 is 10.6 Å². The van der Waals surface area contributed by atoms with Gasteiger partial charge in [0.2, 0.25) is 0 Å². The van der Waals surface area contributed by atoms with Gasteiger partial charge in [0, 0.05) is 12.2 Å². The van der Waals surface area contributed by atoms with Crippen molar-refractivity contribution in [3.8, 4) is 0 Å². The lowest BCUT2D eigenvalue weighted by Gasteiger charge is -2.22. The largest absolute Gasteiger partial charge is 0.370 e. The van der Waals surface area contributed by atoms with E-state index in [0.29, 0.717) is 5.96 Å². The maximum absolute atomic E-state index is 5.82. The van der Waals surface area contributed by atoms with Crippen molar-refractivity contribution < 1.29 is 0 Å². The molecule has 2 N–H and O–H groups in total. The Balaban J connectivity index is 2.46. The average Bonchev–Trinajstić information content (AvgIpc) is 2.52. The number of nitrogens with two attached hydrogens (primary N) is 1. The second-order valence-corrected chi connectivity index (χ2v) is 3.63. The van der Waals surface area contributed by atoms with E-state index in [4.69, 9.17) is 5.73 Å². The Morgan fingerprint density at radius 1 is 1.29 bits per heavy atom. The van der Waals surface area contributed by atoms with Crippen LogP contribution < -0.4 is 10.6 Å². The molecule has 3 heteroatoms. The van der Waals surface area contributed by atoms with Crippen molar-refractivity contribution >= 4 is 11.6 Å². The molecule has 0 amide bonds. The third kappa shape index (κ3) is 1.35. The van der Waals surface area contributed by atoms with Gasteiger partial charge in [-0.2, -0.15) is 0 Å². The molecule has 0 radical (unpaired) electrons. The van der Waals surface area contributed by atoms with Crippen molar-refractivity contribution in [2.75, 3.05) is 18.0 Å². The van der Waals surface area contributed by atoms with E-state index in [1.807, 2.05) is 0 Å². The molecular weight excluding hydrogens is 174 g/mol. The summed E-state index contributed by atoms with van der Waals surface area (Å²) in [6.07, 6.45) is 0. The van der Waals surface area contributed by atoms with Gasteiger partial charge in [-0.15, -0.1) is 0 Å². The first kappa shape index (κ1) is 9.06. The van der Waals surface area contributed by atoms with Crippen LogP contribution in [-0.2, 0) is 0 Å². The van der Waals surface area contributed by atoms with E-state index in [1.54, 1.807) is 0 Å². The quantitative estimate of drug-likeness (QED) is 0.726. The van der Waals surface area contributed by atoms with Crippen LogP contribution in [0.15, 0.2) is 23.2 Å². The molecule has 74 valence electrons. The van der Waals surface area contributed by atoms with Crippen LogP contribution in [0.1, 0.15) is 11.1 Å². The molecule has 0 unspecified atom stereocenters. The number of rotatable bonds is 1. The summed E-state index contributed by atoms with van der Waals surface area (Å²) in [7, 11) is 0. The lowest BCUT2D eigenvalue weighted by molar-refractivity contribution is 1.01. The Bertz CT molecular complexity index is 362. The van der Waals surface area contributed by atoms with E-state index >= 15 is 0 Å². The summed E-state index contributed by atoms with van der Waals surface area (Å²) in [5, 5.41) is 0. The third-order valence-electron chi connectivity index (χ3n) is 2.58. The minimum atomic E-state index is 0.641. The predicted octanol–water partition coefficient (Wildman–Crippen LogP) is 1.44. The third-order valence-corrected chi connectivity index (χ3v) is 2.58. The topological polar surface area (TPSA) is 41.6 Å². The molecule has 3 nitrogen and oxygen atoms in total. The number of nitrogens with zero attached hydrogens (tertiary/aromatic N) is 2. The normalized spacial score (nSPS) is 15.9. The molecule has 0 aromatic heterocycles. The van der Waals surface area contributed by atoms with Gasteiger partial charge in [0.15, 0.2) is 5.96 Å². The van der Waals surface area contributed by atoms with Gasteiger partial charge in [-0.3, -0.25) is 4.99 Å². The number of aliphatic imine (C=N–C) groups is 1. The van der Waals surface area contributed by atoms with Crippen LogP contribution in [0.25, 0.3) is 0 Å². The van der Waals surface area contributed by atoms with E-state index in [0.717, 1.165) is 13.1 Å². The summed E-state index contributed by atoms with van der Waals surface area (Å²) in [4.78, 5) is 6.28. The highest BCUT2D eigenvalue weighted by atomic mass is 15.3. The fourth-order valence-corrected chi connectivity index (χ4v) is 1.92. The van der Waals surface area contributed by atoms with E-state index in [2.05, 4.69) is 41.9 Å². The zero-order valence-electron chi connectivity index (χ0n) is 8.62. The van der Waals surface area contributed by atoms with Crippen LogP contribution in [-0.4, -0.2) is 19.0 Å². The second kappa shape index (κ2) is 3.33. The molecule has 0 fully saturated rings. The Hall–Kier alpha value is -1.51. The van der Waals surface area contributed by atoms with Crippen LogP contribution in [0.3, 0.4) is 0 Å². The molecule has 1 aromatic carbocycles. The van der Waals surface area contributed by atoms with E-state index in [1.165, 1.54) is 16.8 Å². The summed E-state index contributed by atoms with van der Waals surface area (Å²) in [5.41, 5.74) is 9.55. The van der Waals surface area contributed by atoms with Gasteiger partial charge in [-0.1, -0.05) is 18.2 Å². The van der Waals surface area contributed by atoms with Crippen molar-refractivity contribution in [3.63, 3.8) is 0 Å². The monoisotopic (exact) mass is 189 g/mol. The predicted molar refractivity (Wildman–Crippen MR) is 59.8 cm³/mol. The van der Waals surface area contributed by atoms with E-state index in [-0.39, 0.29) is 0 Å². The first-order valence-corrected chi connectivity index (χ1v) is 4.84. The number of anilines is 1. The number of aryl methyl sites for hydroxylation is 2. The van der Waals surface area contributed by atoms with Gasteiger partial charge in [-0.25, -0.2) is 0 Å². The first-order chi connectivity index (χ1) is 6.70. The summed E-state index contributed by atoms with van der Waals surface area (Å²) < 4.78 is 0. The fraction of sp³-hybridized carbons (Fsp3) is 0.364. The summed E-state index contributed by atoms with van der Waals surface area (Å²) in [6.45, 7) is 5.92. The molecule has 1 aliphatic rings. The lowest BCUT2D eigenvalue weighted by atomic mass is 10.1. The van der Waals surface area contributed by atoms with Gasteiger partial charge >= 0.3 is 0 Å². The summed E-state index contributed by atoms with van der Waals surface area (Å²) in [5.74, 6) is 0.641. The smallest absolute Gasteiger partial charge is 0.195 e. The maximum Gasteiger partial charge on any atom is 0.195 e. The van der Waals surface area contributed by atoms with Crippen LogP contribution in [0.4, 0.5) is 5.69 Å². The molecule has 0 aliphatic carbocycles. The van der Waals surface area contributed by atoms with Crippen molar-refractivity contribution in [2.24, 2.45) is 10.7 Å². The van der Waals surface area contributed by atoms with Crippen molar-refractivity contribution in [1.82, 2.24) is 0 Å². The SMILES string of the molecule is Cc1cccc(C)c1N1CCN=C1N. The average molecular weight is 189 g/mol. The van der Waals surface area contributed by atoms with Crippen LogP contribution in [0, 0.1) is 13.8 Å². The summed E-state index contributed by atoms with van der Waals surface area (Å²) >= 11 is 0. The molecule has 0 spiro atoms. The highest BCUT2D eigenvalue weighted by Crippen LogP contribution is 2.25. The van der Waals surface area contributed by atoms with Gasteiger partial charge in [0.1, 0.15) is 0 Å². The highest BCUT2D eigenvalue weighted by Gasteiger charge is 2.18. The van der Waals surface area contributed by atoms with E-state index < -0.39 is 0 Å². The maximum atomic E-state index is 5.82. The number of para-hydroxylation sites is 1. The van der Waals surface area contributed by atoms with Crippen molar-refractivity contribution in [2.45, 2.75) is 13.8 Å². The van der Waals surface area contributed by atoms with Gasteiger partial charge in [0.05, 0.1) is 6.54 Å². The number of hydrogen-bond acceptors (Lipinski definition) is 3. The van der Waals surface area contributed by atoms with Gasteiger partial charge in [0.25, 0.3) is 0 Å². The Kier molecular flexibility index (Phi) is 2.15. The lowest BCUT2D eigenvalue weighted by Crippen LogP contribution is -2.34. The Morgan fingerprint density at radius 3 is 2.43 bits per heavy atom. The molecule has 0 atom stereocenters. The molecule has 0 saturated carbocycles. The summed E-state index contributed by atoms with van der Waals surface area (Å²) in [6, 6.07) is 6.28. The minimum Gasteiger partial charge on any atom is -0.370 e. The van der Waals surface area contributed by atoms with Gasteiger partial charge in [-0.05, 0) is 25.0 Å². The second-order valence-electron chi connectivity index (χ2n) is 3.63. The molecule has 1 heterocycles. The van der Waals surface area contributed by atoms with Crippen LogP contribution in [0.5, 0.6) is 0 Å². The van der Waals surface area contributed by atoms with Crippen LogP contribution >= 0.6 is 0 Å². The van der Waals surface area contributed by atoms with Crippen molar-refractivity contribution in [1.29, 1.82) is 0 Å². The van der Waals surface area contributed by atoms with E-state index in [9.17, 15) is 0 Å². The number of hydrogen-bond donors (Lipinski definition) is 1. The Morgan fingerprint density at radius 2 is 1.93 bits per heavy atom. The Labute approximate surface area is 84.2 Å². The standard InChI is InChI=1S/C11H15N3/c1-8-4-3-5-9(2)10(8)14-7-6-13-11(14)12/h3-5H,6-7H2,1-2H3,(H2,12,13). The zero-order chi connectivity index (χ0) is 10.1. The number of guanidine groups is 1. The molecule has 14 heavy (non-hydrogen) atoms. The molecule has 1 aromatic rings. The minimum absolute atomic E-state index is 0.641. The highest BCUT2D eigenvalue weighted by molar-refractivity contribution is 5.97. The van der Waals surface area contributed by atoms with Crippen molar-refractivity contribution in [3.05, 3.63) is 29.3 Å². The zero-order valence-corrected chi connectivity index (χ0v) is 8.62. The molecule has 0 bridgehead atoms. The first-order valence-electron chi connectivity index (χ1n) is 4.84. The number of benzene rings is 1. The molecule has 0 saturated heterocycles. The molecule has 2 rings (SSSR count). The molecule has 1 aliphatic heterocycles. The fourth-order valence-electron chi connectivity index (χ4n) is 1.92. The molecular formula is C11H15N3. The van der Waals surface area contributed by atoms with Crippen LogP contribution in [0.2, 0.25) is 0 Å².